The average Bonchev–Trinajstić information content (AvgIpc) is 2.14. The highest BCUT2D eigenvalue weighted by Crippen LogP contribution is 2.30. The lowest BCUT2D eigenvalue weighted by Crippen LogP contribution is -1.96. The van der Waals surface area contributed by atoms with Gasteiger partial charge in [-0.3, -0.25) is 4.79 Å². The van der Waals surface area contributed by atoms with Gasteiger partial charge in [-0.05, 0) is 24.5 Å². The monoisotopic (exact) mass is 192 g/mol. The number of phenols is 2. The third kappa shape index (κ3) is 1.62. The van der Waals surface area contributed by atoms with Gasteiger partial charge in [-0.1, -0.05) is 6.08 Å². The van der Waals surface area contributed by atoms with Crippen LogP contribution in [-0.2, 0) is 6.42 Å². The van der Waals surface area contributed by atoms with Gasteiger partial charge in [0.25, 0.3) is 0 Å². The molecule has 3 heteroatoms. The van der Waals surface area contributed by atoms with E-state index in [0.717, 1.165) is 0 Å². The van der Waals surface area contributed by atoms with Crippen LogP contribution in [-0.4, -0.2) is 16.5 Å². The van der Waals surface area contributed by atoms with Gasteiger partial charge in [-0.2, -0.15) is 0 Å². The smallest absolute Gasteiger partial charge is 0.154 e. The van der Waals surface area contributed by atoms with Crippen molar-refractivity contribution in [1.29, 1.82) is 0 Å². The molecule has 1 aromatic carbocycles. The number of allylic oxidation sites excluding steroid dienone is 1. The molecule has 0 aromatic heterocycles. The molecule has 0 bridgehead atoms. The molecule has 1 rings (SSSR count). The lowest BCUT2D eigenvalue weighted by atomic mass is 9.98. The Morgan fingerprint density at radius 2 is 2.07 bits per heavy atom. The summed E-state index contributed by atoms with van der Waals surface area (Å²) in [7, 11) is 0. The molecule has 0 saturated carbocycles. The van der Waals surface area contributed by atoms with Crippen molar-refractivity contribution in [2.45, 2.75) is 13.3 Å². The molecule has 0 amide bonds. The van der Waals surface area contributed by atoms with Crippen LogP contribution in [0.25, 0.3) is 0 Å². The van der Waals surface area contributed by atoms with Crippen molar-refractivity contribution in [3.63, 3.8) is 0 Å². The number of aldehydes is 1. The summed E-state index contributed by atoms with van der Waals surface area (Å²) in [6, 6.07) is 1.17. The molecule has 0 heterocycles. The minimum atomic E-state index is -0.194. The maximum atomic E-state index is 10.7. The van der Waals surface area contributed by atoms with Gasteiger partial charge in [-0.15, -0.1) is 6.58 Å². The Morgan fingerprint density at radius 3 is 2.57 bits per heavy atom. The second-order valence-electron chi connectivity index (χ2n) is 3.04. The van der Waals surface area contributed by atoms with Crippen molar-refractivity contribution in [2.75, 3.05) is 0 Å². The maximum absolute atomic E-state index is 10.7. The van der Waals surface area contributed by atoms with E-state index >= 15 is 0 Å². The molecule has 0 atom stereocenters. The van der Waals surface area contributed by atoms with Crippen LogP contribution < -0.4 is 0 Å². The number of hydrogen-bond donors (Lipinski definition) is 2. The lowest BCUT2D eigenvalue weighted by molar-refractivity contribution is 0.112. The Bertz CT molecular complexity index is 381. The molecule has 0 spiro atoms. The third-order valence-corrected chi connectivity index (χ3v) is 2.18. The van der Waals surface area contributed by atoms with E-state index in [1.807, 2.05) is 0 Å². The fourth-order valence-corrected chi connectivity index (χ4v) is 1.37. The molecule has 1 aromatic rings. The molecule has 0 saturated heterocycles. The number of carbonyl (C=O) groups is 1. The summed E-state index contributed by atoms with van der Waals surface area (Å²) in [5.41, 5.74) is 1.44. The van der Waals surface area contributed by atoms with Crippen molar-refractivity contribution in [3.05, 3.63) is 35.4 Å². The summed E-state index contributed by atoms with van der Waals surface area (Å²) in [5, 5.41) is 18.8. The molecule has 0 aliphatic rings. The van der Waals surface area contributed by atoms with Crippen molar-refractivity contribution < 1.29 is 15.0 Å². The topological polar surface area (TPSA) is 57.5 Å². The zero-order valence-electron chi connectivity index (χ0n) is 7.95. The molecule has 3 nitrogen and oxygen atoms in total. The average molecular weight is 192 g/mol. The largest absolute Gasteiger partial charge is 0.508 e. The zero-order valence-corrected chi connectivity index (χ0v) is 7.95. The van der Waals surface area contributed by atoms with E-state index < -0.39 is 0 Å². The van der Waals surface area contributed by atoms with Gasteiger partial charge in [0.2, 0.25) is 0 Å². The van der Waals surface area contributed by atoms with Crippen LogP contribution in [0.2, 0.25) is 0 Å². The number of aromatic hydroxyl groups is 2. The Morgan fingerprint density at radius 1 is 1.43 bits per heavy atom. The zero-order chi connectivity index (χ0) is 10.7. The Hall–Kier alpha value is -1.77. The highest BCUT2D eigenvalue weighted by Gasteiger charge is 2.12. The SMILES string of the molecule is C=CCc1c(C)c(O)cc(O)c1C=O. The van der Waals surface area contributed by atoms with Crippen molar-refractivity contribution in [2.24, 2.45) is 0 Å². The molecule has 14 heavy (non-hydrogen) atoms. The van der Waals surface area contributed by atoms with Crippen LogP contribution in [0.3, 0.4) is 0 Å². The van der Waals surface area contributed by atoms with Gasteiger partial charge in [0.15, 0.2) is 6.29 Å². The van der Waals surface area contributed by atoms with E-state index in [4.69, 9.17) is 0 Å². The molecule has 0 aliphatic carbocycles. The fourth-order valence-electron chi connectivity index (χ4n) is 1.37. The van der Waals surface area contributed by atoms with E-state index in [2.05, 4.69) is 6.58 Å². The normalized spacial score (nSPS) is 9.79. The van der Waals surface area contributed by atoms with Gasteiger partial charge in [0.05, 0.1) is 5.56 Å². The highest BCUT2D eigenvalue weighted by atomic mass is 16.3. The van der Waals surface area contributed by atoms with E-state index in [0.29, 0.717) is 23.8 Å². The third-order valence-electron chi connectivity index (χ3n) is 2.18. The summed E-state index contributed by atoms with van der Waals surface area (Å²) >= 11 is 0. The van der Waals surface area contributed by atoms with E-state index in [-0.39, 0.29) is 17.1 Å². The number of benzene rings is 1. The molecular weight excluding hydrogens is 180 g/mol. The fraction of sp³-hybridized carbons (Fsp3) is 0.182. The standard InChI is InChI=1S/C11H12O3/c1-3-4-8-7(2)10(13)5-11(14)9(8)6-12/h3,5-6,13-14H,1,4H2,2H3. The van der Waals surface area contributed by atoms with Crippen LogP contribution in [0.15, 0.2) is 18.7 Å². The van der Waals surface area contributed by atoms with Gasteiger partial charge in [0, 0.05) is 6.07 Å². The van der Waals surface area contributed by atoms with Crippen molar-refractivity contribution in [3.8, 4) is 11.5 Å². The van der Waals surface area contributed by atoms with E-state index in [9.17, 15) is 15.0 Å². The van der Waals surface area contributed by atoms with Gasteiger partial charge in [0.1, 0.15) is 11.5 Å². The van der Waals surface area contributed by atoms with Gasteiger partial charge < -0.3 is 10.2 Å². The molecule has 2 N–H and O–H groups in total. The van der Waals surface area contributed by atoms with Gasteiger partial charge in [-0.25, -0.2) is 0 Å². The van der Waals surface area contributed by atoms with Crippen LogP contribution in [0.5, 0.6) is 11.5 Å². The highest BCUT2D eigenvalue weighted by molar-refractivity contribution is 5.83. The predicted molar refractivity (Wildman–Crippen MR) is 53.8 cm³/mol. The van der Waals surface area contributed by atoms with Crippen LogP contribution >= 0.6 is 0 Å². The Balaban J connectivity index is 3.46. The van der Waals surface area contributed by atoms with E-state index in [1.165, 1.54) is 6.07 Å². The predicted octanol–water partition coefficient (Wildman–Crippen LogP) is 1.95. The van der Waals surface area contributed by atoms with E-state index in [1.54, 1.807) is 13.0 Å². The number of carbonyl (C=O) groups excluding carboxylic acids is 1. The molecule has 0 unspecified atom stereocenters. The summed E-state index contributed by atoms with van der Waals surface area (Å²) in [5.74, 6) is -0.204. The second kappa shape index (κ2) is 3.96. The minimum Gasteiger partial charge on any atom is -0.508 e. The summed E-state index contributed by atoms with van der Waals surface area (Å²) < 4.78 is 0. The molecule has 74 valence electrons. The molecular formula is C11H12O3. The maximum Gasteiger partial charge on any atom is 0.154 e. The quantitative estimate of drug-likeness (QED) is 0.568. The second-order valence-corrected chi connectivity index (χ2v) is 3.04. The van der Waals surface area contributed by atoms with Crippen LogP contribution in [0.1, 0.15) is 21.5 Å². The first kappa shape index (κ1) is 10.3. The van der Waals surface area contributed by atoms with Crippen LogP contribution in [0.4, 0.5) is 0 Å². The minimum absolute atomic E-state index is 0.00931. The molecule has 0 aliphatic heterocycles. The summed E-state index contributed by atoms with van der Waals surface area (Å²) in [4.78, 5) is 10.7. The van der Waals surface area contributed by atoms with Crippen LogP contribution in [0, 0.1) is 6.92 Å². The molecule has 0 fully saturated rings. The summed E-state index contributed by atoms with van der Waals surface area (Å²) in [6.07, 6.45) is 2.65. The first-order valence-corrected chi connectivity index (χ1v) is 4.22. The summed E-state index contributed by atoms with van der Waals surface area (Å²) in [6.45, 7) is 5.25. The number of rotatable bonds is 3. The lowest BCUT2D eigenvalue weighted by Gasteiger charge is -2.10. The molecule has 0 radical (unpaired) electrons. The Labute approximate surface area is 82.3 Å². The van der Waals surface area contributed by atoms with Crippen molar-refractivity contribution in [1.82, 2.24) is 0 Å². The number of phenolic OH excluding ortho intramolecular Hbond substituents is 2. The first-order chi connectivity index (χ1) is 6.61. The number of hydrogen-bond acceptors (Lipinski definition) is 3. The van der Waals surface area contributed by atoms with Crippen molar-refractivity contribution >= 4 is 6.29 Å². The Kier molecular flexibility index (Phi) is 2.92. The first-order valence-electron chi connectivity index (χ1n) is 4.22. The van der Waals surface area contributed by atoms with Gasteiger partial charge >= 0.3 is 0 Å².